The Balaban J connectivity index is 1.50. The van der Waals surface area contributed by atoms with Gasteiger partial charge in [0, 0.05) is 40.8 Å². The second-order valence-corrected chi connectivity index (χ2v) is 9.93. The van der Waals surface area contributed by atoms with Gasteiger partial charge >= 0.3 is 6.18 Å². The molecule has 0 radical (unpaired) electrons. The molecule has 3 rings (SSSR count). The molecule has 1 atom stereocenters. The zero-order valence-corrected chi connectivity index (χ0v) is 21.8. The molecule has 2 aromatic rings. The summed E-state index contributed by atoms with van der Waals surface area (Å²) in [5, 5.41) is 0.154. The normalized spacial score (nSPS) is 15.4. The molecule has 1 saturated heterocycles. The van der Waals surface area contributed by atoms with Gasteiger partial charge in [-0.3, -0.25) is 9.59 Å². The molecular formula is C26H31ClF4N4O2. The van der Waals surface area contributed by atoms with Crippen molar-refractivity contribution < 1.29 is 27.2 Å². The molecule has 1 unspecified atom stereocenters. The Morgan fingerprint density at radius 1 is 1.14 bits per heavy atom. The fraction of sp³-hybridized carbons (Fsp3) is 0.500. The third kappa shape index (κ3) is 7.34. The van der Waals surface area contributed by atoms with Crippen molar-refractivity contribution in [2.24, 2.45) is 5.92 Å². The van der Waals surface area contributed by atoms with Crippen LogP contribution >= 0.6 is 11.6 Å². The molecule has 37 heavy (non-hydrogen) atoms. The molecule has 0 saturated carbocycles. The van der Waals surface area contributed by atoms with Crippen LogP contribution < -0.4 is 4.90 Å². The summed E-state index contributed by atoms with van der Waals surface area (Å²) < 4.78 is 54.5. The third-order valence-electron chi connectivity index (χ3n) is 6.65. The number of pyridine rings is 1. The maximum absolute atomic E-state index is 13.7. The summed E-state index contributed by atoms with van der Waals surface area (Å²) in [4.78, 5) is 33.8. The van der Waals surface area contributed by atoms with Gasteiger partial charge in [0.1, 0.15) is 16.8 Å². The van der Waals surface area contributed by atoms with Crippen molar-refractivity contribution in [2.75, 3.05) is 45.7 Å². The standard InChI is InChI=1S/C26H31ClF4N4O2/c1-33(2)24(36)20-9-10-21(32-23(20)27)35-14-11-17(12-15-35)6-5-13-34(3)25(37)22(26(29,30)31)18-7-4-8-19(28)16-18/h4,7-10,16-17,22H,5-6,11-15H2,1-3H3. The Kier molecular flexibility index (Phi) is 9.39. The van der Waals surface area contributed by atoms with Crippen molar-refractivity contribution in [3.8, 4) is 0 Å². The highest BCUT2D eigenvalue weighted by atomic mass is 35.5. The number of halogens is 5. The first-order valence-corrected chi connectivity index (χ1v) is 12.5. The predicted molar refractivity (Wildman–Crippen MR) is 134 cm³/mol. The van der Waals surface area contributed by atoms with Gasteiger partial charge in [-0.2, -0.15) is 13.2 Å². The molecule has 0 bridgehead atoms. The lowest BCUT2D eigenvalue weighted by molar-refractivity contribution is -0.171. The number of likely N-dealkylation sites (N-methyl/N-ethyl adjacent to an activating group) is 1. The van der Waals surface area contributed by atoms with E-state index < -0.39 is 29.4 Å². The van der Waals surface area contributed by atoms with Crippen LogP contribution in [-0.2, 0) is 4.79 Å². The second-order valence-electron chi connectivity index (χ2n) is 9.57. The second kappa shape index (κ2) is 12.1. The van der Waals surface area contributed by atoms with Crippen LogP contribution in [0.4, 0.5) is 23.4 Å². The maximum atomic E-state index is 13.7. The Morgan fingerprint density at radius 2 is 1.81 bits per heavy atom. The topological polar surface area (TPSA) is 56.8 Å². The van der Waals surface area contributed by atoms with E-state index in [-0.39, 0.29) is 17.6 Å². The molecule has 0 aliphatic carbocycles. The highest BCUT2D eigenvalue weighted by molar-refractivity contribution is 6.32. The van der Waals surface area contributed by atoms with Crippen LogP contribution in [0.15, 0.2) is 36.4 Å². The van der Waals surface area contributed by atoms with Gasteiger partial charge in [0.2, 0.25) is 5.91 Å². The summed E-state index contributed by atoms with van der Waals surface area (Å²) in [5.74, 6) is -3.46. The van der Waals surface area contributed by atoms with Crippen molar-refractivity contribution in [1.82, 2.24) is 14.8 Å². The SMILES string of the molecule is CN(C)C(=O)c1ccc(N2CCC(CCCN(C)C(=O)C(c3cccc(F)c3)C(F)(F)F)CC2)nc1Cl. The van der Waals surface area contributed by atoms with Gasteiger partial charge in [0.15, 0.2) is 5.92 Å². The first-order valence-electron chi connectivity index (χ1n) is 12.1. The predicted octanol–water partition coefficient (Wildman–Crippen LogP) is 5.38. The Hall–Kier alpha value is -2.88. The molecule has 2 heterocycles. The van der Waals surface area contributed by atoms with Crippen LogP contribution in [0.2, 0.25) is 5.15 Å². The number of carbonyl (C=O) groups is 2. The van der Waals surface area contributed by atoms with Crippen LogP contribution in [0.5, 0.6) is 0 Å². The van der Waals surface area contributed by atoms with Gasteiger partial charge in [0.05, 0.1) is 5.56 Å². The van der Waals surface area contributed by atoms with Gasteiger partial charge in [-0.25, -0.2) is 9.37 Å². The number of benzene rings is 1. The molecule has 1 aliphatic heterocycles. The third-order valence-corrected chi connectivity index (χ3v) is 6.94. The van der Waals surface area contributed by atoms with Crippen molar-refractivity contribution >= 4 is 29.2 Å². The lowest BCUT2D eigenvalue weighted by atomic mass is 9.92. The zero-order valence-electron chi connectivity index (χ0n) is 21.1. The van der Waals surface area contributed by atoms with Gasteiger partial charge < -0.3 is 14.7 Å². The van der Waals surface area contributed by atoms with E-state index in [2.05, 4.69) is 9.88 Å². The number of alkyl halides is 3. The summed E-state index contributed by atoms with van der Waals surface area (Å²) in [6.45, 7) is 1.65. The molecule has 1 aromatic heterocycles. The van der Waals surface area contributed by atoms with Crippen LogP contribution in [0.25, 0.3) is 0 Å². The number of nitrogens with zero attached hydrogens (tertiary/aromatic N) is 4. The Morgan fingerprint density at radius 3 is 2.38 bits per heavy atom. The Bertz CT molecular complexity index is 1100. The first-order chi connectivity index (χ1) is 17.4. The number of hydrogen-bond donors (Lipinski definition) is 0. The number of anilines is 1. The lowest BCUT2D eigenvalue weighted by Gasteiger charge is -2.33. The van der Waals surface area contributed by atoms with Crippen LogP contribution in [0.1, 0.15) is 47.5 Å². The van der Waals surface area contributed by atoms with E-state index in [0.717, 1.165) is 55.5 Å². The lowest BCUT2D eigenvalue weighted by Crippen LogP contribution is -2.39. The molecule has 202 valence electrons. The molecule has 1 fully saturated rings. The highest BCUT2D eigenvalue weighted by Crippen LogP contribution is 2.36. The van der Waals surface area contributed by atoms with Gasteiger partial charge in [-0.05, 0) is 61.4 Å². The smallest absolute Gasteiger partial charge is 0.357 e. The van der Waals surface area contributed by atoms with Crippen LogP contribution in [0, 0.1) is 11.7 Å². The summed E-state index contributed by atoms with van der Waals surface area (Å²) in [6, 6.07) is 7.54. The van der Waals surface area contributed by atoms with Crippen molar-refractivity contribution in [2.45, 2.75) is 37.8 Å². The van der Waals surface area contributed by atoms with Crippen LogP contribution in [-0.4, -0.2) is 73.6 Å². The number of carbonyl (C=O) groups excluding carboxylic acids is 2. The minimum Gasteiger partial charge on any atom is -0.357 e. The van der Waals surface area contributed by atoms with E-state index in [0.29, 0.717) is 23.7 Å². The largest absolute Gasteiger partial charge is 0.404 e. The van der Waals surface area contributed by atoms with Gasteiger partial charge in [-0.1, -0.05) is 23.7 Å². The highest BCUT2D eigenvalue weighted by Gasteiger charge is 2.47. The van der Waals surface area contributed by atoms with E-state index in [4.69, 9.17) is 11.6 Å². The van der Waals surface area contributed by atoms with E-state index in [9.17, 15) is 27.2 Å². The summed E-state index contributed by atoms with van der Waals surface area (Å²) in [6.07, 6.45) is -1.76. The first kappa shape index (κ1) is 28.7. The number of rotatable bonds is 8. The summed E-state index contributed by atoms with van der Waals surface area (Å²) in [7, 11) is 4.64. The van der Waals surface area contributed by atoms with Gasteiger partial charge in [0.25, 0.3) is 5.91 Å². The number of piperidine rings is 1. The van der Waals surface area contributed by atoms with E-state index >= 15 is 0 Å². The number of hydrogen-bond acceptors (Lipinski definition) is 4. The van der Waals surface area contributed by atoms with E-state index in [1.165, 1.54) is 18.0 Å². The molecule has 1 aliphatic rings. The summed E-state index contributed by atoms with van der Waals surface area (Å²) >= 11 is 6.23. The minimum absolute atomic E-state index is 0.154. The molecular weight excluding hydrogens is 512 g/mol. The van der Waals surface area contributed by atoms with Crippen molar-refractivity contribution in [3.63, 3.8) is 0 Å². The van der Waals surface area contributed by atoms with Crippen LogP contribution in [0.3, 0.4) is 0 Å². The summed E-state index contributed by atoms with van der Waals surface area (Å²) in [5.41, 5.74) is -0.0568. The molecule has 1 aromatic carbocycles. The van der Waals surface area contributed by atoms with E-state index in [1.807, 2.05) is 0 Å². The van der Waals surface area contributed by atoms with Gasteiger partial charge in [-0.15, -0.1) is 0 Å². The molecule has 2 amide bonds. The van der Waals surface area contributed by atoms with Crippen molar-refractivity contribution in [1.29, 1.82) is 0 Å². The average molecular weight is 543 g/mol. The molecule has 6 nitrogen and oxygen atoms in total. The quantitative estimate of drug-likeness (QED) is 0.332. The van der Waals surface area contributed by atoms with Crippen molar-refractivity contribution in [3.05, 3.63) is 58.5 Å². The number of aromatic nitrogens is 1. The number of amides is 2. The fourth-order valence-electron chi connectivity index (χ4n) is 4.56. The maximum Gasteiger partial charge on any atom is 0.404 e. The monoisotopic (exact) mass is 542 g/mol. The zero-order chi connectivity index (χ0) is 27.3. The average Bonchev–Trinajstić information content (AvgIpc) is 2.83. The minimum atomic E-state index is -4.82. The van der Waals surface area contributed by atoms with E-state index in [1.54, 1.807) is 26.2 Å². The molecule has 11 heteroatoms. The Labute approximate surface area is 219 Å². The fourth-order valence-corrected chi connectivity index (χ4v) is 4.79. The molecule has 0 N–H and O–H groups in total. The molecule has 0 spiro atoms.